The predicted octanol–water partition coefficient (Wildman–Crippen LogP) is 0.805. The summed E-state index contributed by atoms with van der Waals surface area (Å²) in [6.07, 6.45) is 7.11. The van der Waals surface area contributed by atoms with Crippen molar-refractivity contribution in [3.8, 4) is 12.3 Å². The molecule has 1 amide bonds. The van der Waals surface area contributed by atoms with E-state index in [1.165, 1.54) is 6.26 Å². The minimum Gasteiger partial charge on any atom is -0.480 e. The zero-order valence-electron chi connectivity index (χ0n) is 9.18. The fourth-order valence-corrected chi connectivity index (χ4v) is 1.28. The largest absolute Gasteiger partial charge is 0.480 e. The number of furan rings is 1. The third kappa shape index (κ3) is 4.43. The Morgan fingerprint density at radius 1 is 1.59 bits per heavy atom. The maximum Gasteiger partial charge on any atom is 0.327 e. The average molecular weight is 235 g/mol. The molecule has 2 N–H and O–H groups in total. The van der Waals surface area contributed by atoms with Crippen molar-refractivity contribution in [3.05, 3.63) is 24.2 Å². The van der Waals surface area contributed by atoms with Gasteiger partial charge in [-0.25, -0.2) is 4.79 Å². The normalized spacial score (nSPS) is 11.5. The van der Waals surface area contributed by atoms with Crippen molar-refractivity contribution in [1.29, 1.82) is 0 Å². The third-order valence-electron chi connectivity index (χ3n) is 2.13. The number of hydrogen-bond acceptors (Lipinski definition) is 3. The molecule has 0 fully saturated rings. The molecule has 0 aliphatic heterocycles. The van der Waals surface area contributed by atoms with Gasteiger partial charge < -0.3 is 14.8 Å². The van der Waals surface area contributed by atoms with E-state index in [1.807, 2.05) is 0 Å². The van der Waals surface area contributed by atoms with Gasteiger partial charge in [-0.1, -0.05) is 0 Å². The monoisotopic (exact) mass is 235 g/mol. The lowest BCUT2D eigenvalue weighted by Crippen LogP contribution is -2.40. The van der Waals surface area contributed by atoms with Crippen LogP contribution in [0.15, 0.2) is 22.8 Å². The first-order valence-electron chi connectivity index (χ1n) is 5.11. The molecule has 0 spiro atoms. The van der Waals surface area contributed by atoms with Crippen molar-refractivity contribution in [2.75, 3.05) is 0 Å². The second-order valence-corrected chi connectivity index (χ2v) is 3.45. The molecule has 1 unspecified atom stereocenters. The summed E-state index contributed by atoms with van der Waals surface area (Å²) in [5, 5.41) is 11.1. The Morgan fingerprint density at radius 2 is 2.35 bits per heavy atom. The van der Waals surface area contributed by atoms with Gasteiger partial charge in [0.2, 0.25) is 5.91 Å². The Hall–Kier alpha value is -2.22. The van der Waals surface area contributed by atoms with Gasteiger partial charge in [0.25, 0.3) is 0 Å². The van der Waals surface area contributed by atoms with Crippen molar-refractivity contribution in [2.24, 2.45) is 0 Å². The van der Waals surface area contributed by atoms with Gasteiger partial charge in [0.1, 0.15) is 11.8 Å². The zero-order valence-corrected chi connectivity index (χ0v) is 9.18. The van der Waals surface area contributed by atoms with Gasteiger partial charge in [0.05, 0.1) is 6.26 Å². The maximum absolute atomic E-state index is 11.4. The summed E-state index contributed by atoms with van der Waals surface area (Å²) in [6.45, 7) is 0. The minimum atomic E-state index is -1.13. The van der Waals surface area contributed by atoms with E-state index in [0.29, 0.717) is 12.2 Å². The highest BCUT2D eigenvalue weighted by Gasteiger charge is 2.18. The minimum absolute atomic E-state index is 0.0260. The molecule has 1 rings (SSSR count). The molecule has 1 aromatic rings. The van der Waals surface area contributed by atoms with Crippen molar-refractivity contribution in [3.63, 3.8) is 0 Å². The number of carbonyl (C=O) groups excluding carboxylic acids is 1. The van der Waals surface area contributed by atoms with Crippen LogP contribution < -0.4 is 5.32 Å². The van der Waals surface area contributed by atoms with Crippen molar-refractivity contribution >= 4 is 11.9 Å². The Kier molecular flexibility index (Phi) is 4.82. The number of carboxylic acids is 1. The standard InChI is InChI=1S/C12H13NO4/c1-2-4-10(12(15)16)13-11(14)7-6-9-5-3-8-17-9/h1,3,5,8,10H,4,6-7H2,(H,13,14)(H,15,16). The van der Waals surface area contributed by atoms with Gasteiger partial charge in [-0.2, -0.15) is 0 Å². The quantitative estimate of drug-likeness (QED) is 0.715. The fraction of sp³-hybridized carbons (Fsp3) is 0.333. The molecule has 0 radical (unpaired) electrons. The molecule has 0 bridgehead atoms. The number of carbonyl (C=O) groups is 2. The first-order chi connectivity index (χ1) is 8.13. The molecule has 1 atom stereocenters. The van der Waals surface area contributed by atoms with Crippen LogP contribution in [0.1, 0.15) is 18.6 Å². The molecule has 0 aromatic carbocycles. The van der Waals surface area contributed by atoms with Crippen LogP contribution in [0.25, 0.3) is 0 Å². The van der Waals surface area contributed by atoms with Crippen LogP contribution in [0.2, 0.25) is 0 Å². The predicted molar refractivity (Wildman–Crippen MR) is 60.0 cm³/mol. The number of aliphatic carboxylic acids is 1. The molecule has 5 heteroatoms. The van der Waals surface area contributed by atoms with Crippen molar-refractivity contribution < 1.29 is 19.1 Å². The van der Waals surface area contributed by atoms with Crippen LogP contribution in [0.5, 0.6) is 0 Å². The van der Waals surface area contributed by atoms with Crippen LogP contribution in [0.4, 0.5) is 0 Å². The van der Waals surface area contributed by atoms with Gasteiger partial charge in [-0.05, 0) is 12.1 Å². The van der Waals surface area contributed by atoms with Crippen LogP contribution in [-0.4, -0.2) is 23.0 Å². The van der Waals surface area contributed by atoms with E-state index in [2.05, 4.69) is 11.2 Å². The molecule has 90 valence electrons. The van der Waals surface area contributed by atoms with E-state index in [9.17, 15) is 9.59 Å². The Morgan fingerprint density at radius 3 is 2.88 bits per heavy atom. The van der Waals surface area contributed by atoms with Crippen molar-refractivity contribution in [2.45, 2.75) is 25.3 Å². The number of aryl methyl sites for hydroxylation is 1. The van der Waals surface area contributed by atoms with Crippen molar-refractivity contribution in [1.82, 2.24) is 5.32 Å². The Bertz CT molecular complexity index is 416. The summed E-state index contributed by atoms with van der Waals surface area (Å²) in [6, 6.07) is 2.46. The molecular formula is C12H13NO4. The lowest BCUT2D eigenvalue weighted by Gasteiger charge is -2.11. The molecule has 0 aliphatic rings. The number of rotatable bonds is 6. The van der Waals surface area contributed by atoms with Crippen LogP contribution in [0.3, 0.4) is 0 Å². The highest BCUT2D eigenvalue weighted by atomic mass is 16.4. The molecule has 1 aromatic heterocycles. The second-order valence-electron chi connectivity index (χ2n) is 3.45. The van der Waals surface area contributed by atoms with E-state index < -0.39 is 12.0 Å². The van der Waals surface area contributed by atoms with Crippen LogP contribution >= 0.6 is 0 Å². The molecule has 0 saturated carbocycles. The summed E-state index contributed by atoms with van der Waals surface area (Å²) >= 11 is 0. The van der Waals surface area contributed by atoms with Crippen LogP contribution in [0, 0.1) is 12.3 Å². The smallest absolute Gasteiger partial charge is 0.327 e. The summed E-state index contributed by atoms with van der Waals surface area (Å²) < 4.78 is 5.06. The summed E-state index contributed by atoms with van der Waals surface area (Å²) in [7, 11) is 0. The average Bonchev–Trinajstić information content (AvgIpc) is 2.78. The number of terminal acetylenes is 1. The topological polar surface area (TPSA) is 79.5 Å². The second kappa shape index (κ2) is 6.38. The molecule has 1 heterocycles. The van der Waals surface area contributed by atoms with Gasteiger partial charge in [-0.15, -0.1) is 12.3 Å². The number of amides is 1. The Labute approximate surface area is 98.8 Å². The zero-order chi connectivity index (χ0) is 12.7. The highest BCUT2D eigenvalue weighted by Crippen LogP contribution is 2.03. The summed E-state index contributed by atoms with van der Waals surface area (Å²) in [5.74, 6) is 1.41. The van der Waals surface area contributed by atoms with Gasteiger partial charge in [0, 0.05) is 19.3 Å². The first kappa shape index (κ1) is 12.8. The third-order valence-corrected chi connectivity index (χ3v) is 2.13. The lowest BCUT2D eigenvalue weighted by molar-refractivity contribution is -0.141. The fourth-order valence-electron chi connectivity index (χ4n) is 1.28. The molecule has 0 saturated heterocycles. The maximum atomic E-state index is 11.4. The molecule has 17 heavy (non-hydrogen) atoms. The highest BCUT2D eigenvalue weighted by molar-refractivity contribution is 5.83. The van der Waals surface area contributed by atoms with E-state index in [4.69, 9.17) is 15.9 Å². The number of hydrogen-bond donors (Lipinski definition) is 2. The number of carboxylic acid groups (broad SMARTS) is 1. The number of nitrogens with one attached hydrogen (secondary N) is 1. The van der Waals surface area contributed by atoms with E-state index >= 15 is 0 Å². The van der Waals surface area contributed by atoms with Gasteiger partial charge in [-0.3, -0.25) is 4.79 Å². The molecule has 0 aliphatic carbocycles. The van der Waals surface area contributed by atoms with E-state index in [0.717, 1.165) is 0 Å². The lowest BCUT2D eigenvalue weighted by atomic mass is 10.2. The molecular weight excluding hydrogens is 222 g/mol. The molecule has 5 nitrogen and oxygen atoms in total. The van der Waals surface area contributed by atoms with Gasteiger partial charge in [0.15, 0.2) is 0 Å². The summed E-state index contributed by atoms with van der Waals surface area (Å²) in [5.41, 5.74) is 0. The summed E-state index contributed by atoms with van der Waals surface area (Å²) in [4.78, 5) is 22.2. The van der Waals surface area contributed by atoms with Gasteiger partial charge >= 0.3 is 5.97 Å². The van der Waals surface area contributed by atoms with E-state index in [-0.39, 0.29) is 18.7 Å². The first-order valence-corrected chi connectivity index (χ1v) is 5.11. The SMILES string of the molecule is C#CCC(NC(=O)CCc1ccco1)C(=O)O. The van der Waals surface area contributed by atoms with E-state index in [1.54, 1.807) is 12.1 Å². The Balaban J connectivity index is 2.37. The van der Waals surface area contributed by atoms with Crippen LogP contribution in [-0.2, 0) is 16.0 Å².